The number of hydrogen-bond donors (Lipinski definition) is 2. The molecule has 1 aromatic carbocycles. The zero-order chi connectivity index (χ0) is 16.0. The lowest BCUT2D eigenvalue weighted by Gasteiger charge is -2.42. The van der Waals surface area contributed by atoms with Gasteiger partial charge in [-0.1, -0.05) is 12.1 Å². The van der Waals surface area contributed by atoms with Gasteiger partial charge in [0.1, 0.15) is 5.82 Å². The number of nitrogens with two attached hydrogens (primary N) is 1. The molecule has 1 saturated heterocycles. The molecule has 3 nitrogen and oxygen atoms in total. The molecule has 0 amide bonds. The largest absolute Gasteiger partial charge is 0.317 e. The summed E-state index contributed by atoms with van der Waals surface area (Å²) < 4.78 is 25.9. The topological polar surface area (TPSA) is 55.1 Å². The van der Waals surface area contributed by atoms with E-state index in [2.05, 4.69) is 11.4 Å². The van der Waals surface area contributed by atoms with Crippen molar-refractivity contribution < 1.29 is 8.60 Å². The van der Waals surface area contributed by atoms with Gasteiger partial charge in [-0.05, 0) is 81.1 Å². The van der Waals surface area contributed by atoms with Crippen LogP contribution in [0.25, 0.3) is 0 Å². The van der Waals surface area contributed by atoms with Crippen LogP contribution in [-0.4, -0.2) is 22.0 Å². The first-order valence-electron chi connectivity index (χ1n) is 8.00. The molecule has 2 aliphatic rings. The Morgan fingerprint density at radius 3 is 2.73 bits per heavy atom. The number of nitrogens with one attached hydrogen (secondary N) is 1. The fourth-order valence-electron chi connectivity index (χ4n) is 4.28. The van der Waals surface area contributed by atoms with E-state index >= 15 is 0 Å². The molecular formula is C17H25FN2OS. The van der Waals surface area contributed by atoms with Gasteiger partial charge in [0.15, 0.2) is 0 Å². The maximum atomic E-state index is 14.5. The number of fused-ring (bicyclic) bond motifs is 1. The third kappa shape index (κ3) is 2.63. The lowest BCUT2D eigenvalue weighted by molar-refractivity contribution is 0.157. The van der Waals surface area contributed by atoms with Crippen LogP contribution >= 0.6 is 0 Å². The Bertz CT molecular complexity index is 596. The molecule has 1 fully saturated rings. The van der Waals surface area contributed by atoms with Gasteiger partial charge in [-0.3, -0.25) is 5.14 Å². The van der Waals surface area contributed by atoms with Gasteiger partial charge in [0.2, 0.25) is 0 Å². The Morgan fingerprint density at radius 1 is 1.41 bits per heavy atom. The Morgan fingerprint density at radius 2 is 2.09 bits per heavy atom. The first kappa shape index (κ1) is 16.1. The molecule has 1 unspecified atom stereocenters. The van der Waals surface area contributed by atoms with Crippen LogP contribution < -0.4 is 10.5 Å². The molecule has 22 heavy (non-hydrogen) atoms. The summed E-state index contributed by atoms with van der Waals surface area (Å²) in [6.07, 6.45) is 3.68. The van der Waals surface area contributed by atoms with E-state index in [1.165, 1.54) is 0 Å². The highest BCUT2D eigenvalue weighted by Crippen LogP contribution is 2.56. The predicted molar refractivity (Wildman–Crippen MR) is 88.4 cm³/mol. The van der Waals surface area contributed by atoms with Crippen LogP contribution in [-0.2, 0) is 17.4 Å². The second-order valence-corrected chi connectivity index (χ2v) is 9.12. The first-order chi connectivity index (χ1) is 10.4. The molecule has 1 aliphatic carbocycles. The van der Waals surface area contributed by atoms with Crippen LogP contribution in [0.4, 0.5) is 4.39 Å². The normalized spacial score (nSPS) is 25.2. The van der Waals surface area contributed by atoms with Crippen molar-refractivity contribution in [3.63, 3.8) is 0 Å². The molecule has 5 heteroatoms. The molecule has 1 heterocycles. The maximum Gasteiger partial charge on any atom is 0.126 e. The van der Waals surface area contributed by atoms with Gasteiger partial charge in [-0.2, -0.15) is 0 Å². The summed E-state index contributed by atoms with van der Waals surface area (Å²) >= 11 is 0. The highest BCUT2D eigenvalue weighted by molar-refractivity contribution is 7.84. The monoisotopic (exact) mass is 324 g/mol. The van der Waals surface area contributed by atoms with Crippen LogP contribution in [0.5, 0.6) is 0 Å². The quantitative estimate of drug-likeness (QED) is 0.898. The van der Waals surface area contributed by atoms with Crippen molar-refractivity contribution in [3.8, 4) is 0 Å². The van der Waals surface area contributed by atoms with E-state index in [0.29, 0.717) is 6.42 Å². The Balaban J connectivity index is 2.03. The van der Waals surface area contributed by atoms with Gasteiger partial charge in [-0.25, -0.2) is 8.60 Å². The van der Waals surface area contributed by atoms with Crippen molar-refractivity contribution in [1.29, 1.82) is 0 Å². The van der Waals surface area contributed by atoms with Crippen LogP contribution in [0.2, 0.25) is 0 Å². The molecular weight excluding hydrogens is 299 g/mol. The smallest absolute Gasteiger partial charge is 0.126 e. The molecule has 3 N–H and O–H groups in total. The first-order valence-corrected chi connectivity index (χ1v) is 9.21. The molecule has 0 aromatic heterocycles. The highest BCUT2D eigenvalue weighted by atomic mass is 32.2. The summed E-state index contributed by atoms with van der Waals surface area (Å²) in [6, 6.07) is 5.41. The fourth-order valence-corrected chi connectivity index (χ4v) is 4.61. The SMILES string of the molecule is CC(C)(C[C@@H]1c2c(F)cccc2CC12CCNCC2)S(N)=O. The fraction of sp³-hybridized carbons (Fsp3) is 0.647. The van der Waals surface area contributed by atoms with Crippen LogP contribution in [0.3, 0.4) is 0 Å². The zero-order valence-corrected chi connectivity index (χ0v) is 14.1. The lowest BCUT2D eigenvalue weighted by atomic mass is 9.67. The second-order valence-electron chi connectivity index (χ2n) is 7.42. The Labute approximate surface area is 134 Å². The average Bonchev–Trinajstić information content (AvgIpc) is 2.74. The molecule has 2 atom stereocenters. The summed E-state index contributed by atoms with van der Waals surface area (Å²) in [5.41, 5.74) is 2.07. The van der Waals surface area contributed by atoms with E-state index in [4.69, 9.17) is 5.14 Å². The van der Waals surface area contributed by atoms with Gasteiger partial charge in [0.05, 0.1) is 15.7 Å². The van der Waals surface area contributed by atoms with Gasteiger partial charge < -0.3 is 5.32 Å². The van der Waals surface area contributed by atoms with Crippen molar-refractivity contribution in [2.24, 2.45) is 10.6 Å². The summed E-state index contributed by atoms with van der Waals surface area (Å²) in [5.74, 6) is -0.00943. The summed E-state index contributed by atoms with van der Waals surface area (Å²) in [5, 5.41) is 9.10. The molecule has 1 aromatic rings. The second kappa shape index (κ2) is 5.69. The molecule has 1 aliphatic heterocycles. The molecule has 0 bridgehead atoms. The Hall–Kier alpha value is -0.780. The van der Waals surface area contributed by atoms with Gasteiger partial charge in [0.25, 0.3) is 0 Å². The molecule has 3 rings (SSSR count). The van der Waals surface area contributed by atoms with E-state index in [0.717, 1.165) is 43.5 Å². The summed E-state index contributed by atoms with van der Waals surface area (Å²) in [6.45, 7) is 5.80. The maximum absolute atomic E-state index is 14.5. The molecule has 1 spiro atoms. The van der Waals surface area contributed by atoms with Crippen molar-refractivity contribution in [3.05, 3.63) is 35.1 Å². The molecule has 122 valence electrons. The number of benzene rings is 1. The minimum Gasteiger partial charge on any atom is -0.317 e. The summed E-state index contributed by atoms with van der Waals surface area (Å²) in [7, 11) is -1.41. The Kier molecular flexibility index (Phi) is 4.16. The number of hydrogen-bond acceptors (Lipinski definition) is 2. The van der Waals surface area contributed by atoms with E-state index in [1.54, 1.807) is 12.1 Å². The zero-order valence-electron chi connectivity index (χ0n) is 13.3. The summed E-state index contributed by atoms with van der Waals surface area (Å²) in [4.78, 5) is 0. The van der Waals surface area contributed by atoms with E-state index in [1.807, 2.05) is 13.8 Å². The number of halogens is 1. The standard InChI is InChI=1S/C17H25FN2OS/c1-16(2,22(19)21)11-13-15-12(4-3-5-14(15)18)10-17(13)6-8-20-9-7-17/h3-5,13,20H,6-11,19H2,1-2H3/t13-,22?/m1/s1. The van der Waals surface area contributed by atoms with Crippen LogP contribution in [0, 0.1) is 11.2 Å². The predicted octanol–water partition coefficient (Wildman–Crippen LogP) is 2.63. The number of rotatable bonds is 3. The average molecular weight is 324 g/mol. The third-order valence-corrected chi connectivity index (χ3v) is 6.87. The third-order valence-electron chi connectivity index (χ3n) is 5.61. The minimum absolute atomic E-state index is 0.0897. The molecule has 0 radical (unpaired) electrons. The highest BCUT2D eigenvalue weighted by Gasteiger charge is 2.49. The van der Waals surface area contributed by atoms with Crippen LogP contribution in [0.1, 0.15) is 50.2 Å². The van der Waals surface area contributed by atoms with Crippen molar-refractivity contribution >= 4 is 11.0 Å². The van der Waals surface area contributed by atoms with Crippen molar-refractivity contribution in [2.75, 3.05) is 13.1 Å². The molecule has 0 saturated carbocycles. The number of piperidine rings is 1. The van der Waals surface area contributed by atoms with E-state index in [-0.39, 0.29) is 17.2 Å². The minimum atomic E-state index is -1.41. The van der Waals surface area contributed by atoms with Gasteiger partial charge >= 0.3 is 0 Å². The van der Waals surface area contributed by atoms with Gasteiger partial charge in [0, 0.05) is 0 Å². The lowest BCUT2D eigenvalue weighted by Crippen LogP contribution is -2.43. The van der Waals surface area contributed by atoms with Crippen LogP contribution in [0.15, 0.2) is 18.2 Å². The van der Waals surface area contributed by atoms with Crippen molar-refractivity contribution in [2.45, 2.75) is 50.2 Å². The van der Waals surface area contributed by atoms with Gasteiger partial charge in [-0.15, -0.1) is 0 Å². The van der Waals surface area contributed by atoms with Crippen molar-refractivity contribution in [1.82, 2.24) is 5.32 Å². The van der Waals surface area contributed by atoms with E-state index in [9.17, 15) is 8.60 Å². The van der Waals surface area contributed by atoms with E-state index < -0.39 is 15.7 Å².